The Bertz CT molecular complexity index is 1540. The highest BCUT2D eigenvalue weighted by Gasteiger charge is 2.40. The second-order valence-electron chi connectivity index (χ2n) is 14.9. The summed E-state index contributed by atoms with van der Waals surface area (Å²) in [6.45, 7) is 26.7. The quantitative estimate of drug-likeness (QED) is 0.257. The molecular weight excluding hydrogens is 613 g/mol. The lowest BCUT2D eigenvalue weighted by Crippen LogP contribution is -2.52. The highest BCUT2D eigenvalue weighted by atomic mass is 32.1. The molecule has 2 unspecified atom stereocenters. The Labute approximate surface area is 294 Å². The number of fused-ring (bicyclic) bond motifs is 1. The zero-order valence-electron chi connectivity index (χ0n) is 31.2. The van der Waals surface area contributed by atoms with Crippen LogP contribution >= 0.6 is 11.3 Å². The van der Waals surface area contributed by atoms with Gasteiger partial charge >= 0.3 is 0 Å². The van der Waals surface area contributed by atoms with Crippen molar-refractivity contribution in [3.63, 3.8) is 0 Å². The number of rotatable bonds is 9. The van der Waals surface area contributed by atoms with Gasteiger partial charge in [-0.3, -0.25) is 5.41 Å². The lowest BCUT2D eigenvalue weighted by Gasteiger charge is -2.49. The third kappa shape index (κ3) is 8.14. The molecule has 2 saturated heterocycles. The summed E-state index contributed by atoms with van der Waals surface area (Å²) in [5, 5.41) is 20.3. The standard InChI is InChI=1S/C37H54N8S.C2H6/c1-9-12-27(24(3)26-13-10-14-31-33(26)28(21-38)35(40)46-31)34(39)36-41-30(19-32(42-36)44-16-11-15-43(8)17-18-44)29-22-45(25(29)4)23(2)20-37(5,6)7;1-2/h19,25-26,29,39H,2,9-18,20,22,40H2,1,3-8H3;1-2H3/b27-24+,39-34?;/t25?,26-,29?;/m1./s1. The Balaban J connectivity index is 0.00000255. The second kappa shape index (κ2) is 16.0. The molecule has 1 aliphatic carbocycles. The molecule has 8 nitrogen and oxygen atoms in total. The number of aryl methyl sites for hydroxylation is 1. The van der Waals surface area contributed by atoms with E-state index in [1.807, 2.05) is 13.8 Å². The van der Waals surface area contributed by atoms with Crippen LogP contribution in [0.1, 0.15) is 133 Å². The summed E-state index contributed by atoms with van der Waals surface area (Å²) in [6.07, 6.45) is 6.73. The Morgan fingerprint density at radius 1 is 1.17 bits per heavy atom. The van der Waals surface area contributed by atoms with Crippen LogP contribution in [0.5, 0.6) is 0 Å². The molecule has 2 aromatic heterocycles. The van der Waals surface area contributed by atoms with E-state index < -0.39 is 0 Å². The number of aromatic nitrogens is 2. The van der Waals surface area contributed by atoms with Gasteiger partial charge in [-0.15, -0.1) is 11.3 Å². The van der Waals surface area contributed by atoms with E-state index in [0.29, 0.717) is 22.1 Å². The fraction of sp³-hybridized carbons (Fsp3) is 0.641. The number of likely N-dealkylation sites (N-methyl/N-ethyl adjacent to an activating group) is 1. The third-order valence-electron chi connectivity index (χ3n) is 10.2. The van der Waals surface area contributed by atoms with Crippen molar-refractivity contribution in [1.82, 2.24) is 19.8 Å². The molecule has 0 spiro atoms. The summed E-state index contributed by atoms with van der Waals surface area (Å²) in [6, 6.07) is 4.88. The van der Waals surface area contributed by atoms with E-state index in [9.17, 15) is 10.7 Å². The fourth-order valence-corrected chi connectivity index (χ4v) is 8.74. The highest BCUT2D eigenvalue weighted by Crippen LogP contribution is 2.46. The maximum Gasteiger partial charge on any atom is 0.179 e. The summed E-state index contributed by atoms with van der Waals surface area (Å²) in [7, 11) is 2.19. The van der Waals surface area contributed by atoms with Gasteiger partial charge in [-0.05, 0) is 82.5 Å². The molecule has 5 rings (SSSR count). The molecule has 0 saturated carbocycles. The Morgan fingerprint density at radius 2 is 1.90 bits per heavy atom. The highest BCUT2D eigenvalue weighted by molar-refractivity contribution is 7.16. The number of nitrogens with zero attached hydrogens (tertiary/aromatic N) is 6. The molecule has 3 N–H and O–H groups in total. The van der Waals surface area contributed by atoms with Gasteiger partial charge in [-0.25, -0.2) is 9.97 Å². The van der Waals surface area contributed by atoms with E-state index in [1.54, 1.807) is 11.3 Å². The molecule has 0 radical (unpaired) electrons. The number of allylic oxidation sites excluding steroid dienone is 3. The molecule has 3 aliphatic rings. The van der Waals surface area contributed by atoms with E-state index in [1.165, 1.54) is 10.6 Å². The van der Waals surface area contributed by atoms with E-state index in [4.69, 9.17) is 15.7 Å². The molecular formula is C39H60N8S. The van der Waals surface area contributed by atoms with Crippen LogP contribution in [0.15, 0.2) is 29.5 Å². The molecule has 48 heavy (non-hydrogen) atoms. The zero-order valence-corrected chi connectivity index (χ0v) is 32.0. The normalized spacial score (nSPS) is 22.0. The first-order chi connectivity index (χ1) is 22.8. The van der Waals surface area contributed by atoms with E-state index in [2.05, 4.69) is 82.0 Å². The fourth-order valence-electron chi connectivity index (χ4n) is 7.61. The number of nitriles is 1. The summed E-state index contributed by atoms with van der Waals surface area (Å²) in [5.74, 6) is 1.80. The van der Waals surface area contributed by atoms with E-state index in [0.717, 1.165) is 106 Å². The Morgan fingerprint density at radius 3 is 2.54 bits per heavy atom. The van der Waals surface area contributed by atoms with Crippen LogP contribution < -0.4 is 10.6 Å². The minimum atomic E-state index is 0.0895. The minimum absolute atomic E-state index is 0.0895. The van der Waals surface area contributed by atoms with Gasteiger partial charge in [0.25, 0.3) is 0 Å². The van der Waals surface area contributed by atoms with Crippen LogP contribution in [0.4, 0.5) is 10.8 Å². The SMILES string of the molecule is C=C(CC(C)(C)C)N1CC(c2cc(N3CCCN(C)CC3)nc(C(=N)/C(CCC)=C(\C)[C@H]3CCCc4sc(N)c(C#N)c43)n2)C1C.CC. The average Bonchev–Trinajstić information content (AvgIpc) is 3.22. The van der Waals surface area contributed by atoms with Crippen molar-refractivity contribution in [2.45, 2.75) is 118 Å². The van der Waals surface area contributed by atoms with Gasteiger partial charge in [0.2, 0.25) is 0 Å². The smallest absolute Gasteiger partial charge is 0.179 e. The molecule has 2 aliphatic heterocycles. The molecule has 0 aromatic carbocycles. The van der Waals surface area contributed by atoms with Crippen molar-refractivity contribution in [2.75, 3.05) is 50.4 Å². The third-order valence-corrected chi connectivity index (χ3v) is 11.3. The lowest BCUT2D eigenvalue weighted by atomic mass is 9.78. The van der Waals surface area contributed by atoms with E-state index >= 15 is 0 Å². The van der Waals surface area contributed by atoms with Gasteiger partial charge in [0.05, 0.1) is 11.3 Å². The van der Waals surface area contributed by atoms with Gasteiger partial charge in [-0.2, -0.15) is 5.26 Å². The molecule has 3 atom stereocenters. The molecule has 2 aromatic rings. The van der Waals surface area contributed by atoms with Crippen molar-refractivity contribution < 1.29 is 0 Å². The number of hydrogen-bond donors (Lipinski definition) is 2. The van der Waals surface area contributed by atoms with Crippen molar-refractivity contribution in [3.8, 4) is 6.07 Å². The van der Waals surface area contributed by atoms with Crippen molar-refractivity contribution in [3.05, 3.63) is 57.0 Å². The van der Waals surface area contributed by atoms with Gasteiger partial charge in [0.1, 0.15) is 22.6 Å². The van der Waals surface area contributed by atoms with Crippen LogP contribution in [0, 0.1) is 22.2 Å². The zero-order chi connectivity index (χ0) is 35.3. The number of nitrogens with two attached hydrogens (primary N) is 1. The summed E-state index contributed by atoms with van der Waals surface area (Å²) in [4.78, 5) is 18.8. The molecule has 9 heteroatoms. The number of nitrogen functional groups attached to an aromatic ring is 1. The molecule has 2 fully saturated rings. The van der Waals surface area contributed by atoms with Crippen molar-refractivity contribution >= 4 is 27.9 Å². The predicted octanol–water partition coefficient (Wildman–Crippen LogP) is 8.50. The topological polar surface area (TPSA) is 109 Å². The first kappa shape index (κ1) is 37.6. The monoisotopic (exact) mass is 672 g/mol. The predicted molar refractivity (Wildman–Crippen MR) is 203 cm³/mol. The summed E-state index contributed by atoms with van der Waals surface area (Å²) in [5.41, 5.74) is 13.0. The van der Waals surface area contributed by atoms with Crippen LogP contribution in [-0.2, 0) is 6.42 Å². The summed E-state index contributed by atoms with van der Waals surface area (Å²) >= 11 is 1.57. The molecule has 0 amide bonds. The minimum Gasteiger partial charge on any atom is -0.389 e. The van der Waals surface area contributed by atoms with Crippen LogP contribution in [0.2, 0.25) is 0 Å². The number of anilines is 2. The Hall–Kier alpha value is -3.22. The second-order valence-corrected chi connectivity index (χ2v) is 16.1. The first-order valence-electron chi connectivity index (χ1n) is 18.2. The first-order valence-corrected chi connectivity index (χ1v) is 19.0. The number of likely N-dealkylation sites (tertiary alicyclic amines) is 1. The van der Waals surface area contributed by atoms with Crippen molar-refractivity contribution in [2.24, 2.45) is 5.41 Å². The van der Waals surface area contributed by atoms with Crippen LogP contribution in [-0.4, -0.2) is 71.3 Å². The van der Waals surface area contributed by atoms with E-state index in [-0.39, 0.29) is 23.3 Å². The number of hydrogen-bond acceptors (Lipinski definition) is 9. The number of thiophene rings is 1. The van der Waals surface area contributed by atoms with Gasteiger partial charge in [0, 0.05) is 60.7 Å². The Kier molecular flexibility index (Phi) is 12.5. The molecule has 0 bridgehead atoms. The maximum absolute atomic E-state index is 10.0. The average molecular weight is 673 g/mol. The van der Waals surface area contributed by atoms with Crippen LogP contribution in [0.25, 0.3) is 0 Å². The van der Waals surface area contributed by atoms with Gasteiger partial charge < -0.3 is 20.4 Å². The number of nitrogens with one attached hydrogen (secondary N) is 1. The van der Waals surface area contributed by atoms with Crippen LogP contribution in [0.3, 0.4) is 0 Å². The summed E-state index contributed by atoms with van der Waals surface area (Å²) < 4.78 is 0. The van der Waals surface area contributed by atoms with Crippen molar-refractivity contribution in [1.29, 1.82) is 10.7 Å². The molecule has 262 valence electrons. The largest absolute Gasteiger partial charge is 0.389 e. The molecule has 4 heterocycles. The van der Waals surface area contributed by atoms with Gasteiger partial charge in [0.15, 0.2) is 5.82 Å². The lowest BCUT2D eigenvalue weighted by molar-refractivity contribution is 0.100. The van der Waals surface area contributed by atoms with Gasteiger partial charge in [-0.1, -0.05) is 60.1 Å². The maximum atomic E-state index is 10.0.